The molecule has 0 aromatic carbocycles. The van der Waals surface area contributed by atoms with Gasteiger partial charge in [0.05, 0.1) is 40.0 Å². The SMILES string of the molecule is CCCCC/C=C\C[C@@H](O)[C@H](O)CCCCCCCC(=O)OC[C@H](COP(=O)(O)OCC[N+](C)(C)C)OC(=O)CCCCCCCCCCCCCC. The largest absolute Gasteiger partial charge is 0.472 e. The Hall–Kier alpha value is -1.33. The molecule has 4 atom stereocenters. The minimum Gasteiger partial charge on any atom is -0.462 e. The number of carbonyl (C=O) groups excluding carboxylic acids is 2. The fraction of sp³-hybridized carbons (Fsp3) is 0.902. The van der Waals surface area contributed by atoms with E-state index in [1.807, 2.05) is 27.2 Å². The predicted octanol–water partition coefficient (Wildman–Crippen LogP) is 9.35. The maximum Gasteiger partial charge on any atom is 0.472 e. The normalized spacial score (nSPS) is 14.9. The quantitative estimate of drug-likeness (QED) is 0.0182. The molecule has 12 heteroatoms. The first-order valence-corrected chi connectivity index (χ1v) is 22.6. The number of rotatable bonds is 38. The monoisotopic (exact) mass is 779 g/mol. The standard InChI is InChI=1S/C41H80NO10P/c1-6-8-10-12-14-15-16-17-18-19-23-28-32-41(46)52-37(36-51-53(47,48)50-34-33-42(3,4)5)35-49-40(45)31-27-24-20-22-26-30-39(44)38(43)29-25-21-13-11-9-7-2/h21,25,37-39,43-44H,6-20,22-24,26-36H2,1-5H3/p+1/b25-21-/t37-,38-,39-/m1/s1. The van der Waals surface area contributed by atoms with Crippen LogP contribution in [0.3, 0.4) is 0 Å². The minimum absolute atomic E-state index is 0.00899. The number of carbonyl (C=O) groups is 2. The van der Waals surface area contributed by atoms with E-state index in [-0.39, 0.29) is 26.1 Å². The molecule has 53 heavy (non-hydrogen) atoms. The molecule has 0 spiro atoms. The lowest BCUT2D eigenvalue weighted by Crippen LogP contribution is -2.37. The van der Waals surface area contributed by atoms with Crippen LogP contribution in [0.15, 0.2) is 12.2 Å². The number of allylic oxidation sites excluding steroid dienone is 1. The van der Waals surface area contributed by atoms with Gasteiger partial charge >= 0.3 is 19.8 Å². The van der Waals surface area contributed by atoms with Crippen molar-refractivity contribution in [3.05, 3.63) is 12.2 Å². The van der Waals surface area contributed by atoms with Gasteiger partial charge < -0.3 is 29.1 Å². The molecule has 0 radical (unpaired) electrons. The zero-order valence-electron chi connectivity index (χ0n) is 34.5. The van der Waals surface area contributed by atoms with Crippen LogP contribution >= 0.6 is 7.82 Å². The molecule has 0 saturated carbocycles. The van der Waals surface area contributed by atoms with Crippen molar-refractivity contribution in [2.45, 2.75) is 193 Å². The number of ether oxygens (including phenoxy) is 2. The van der Waals surface area contributed by atoms with Crippen LogP contribution in [0.2, 0.25) is 0 Å². The molecule has 0 aliphatic heterocycles. The van der Waals surface area contributed by atoms with Crippen LogP contribution in [0.1, 0.15) is 174 Å². The molecular weight excluding hydrogens is 697 g/mol. The minimum atomic E-state index is -4.40. The molecule has 0 aromatic rings. The summed E-state index contributed by atoms with van der Waals surface area (Å²) >= 11 is 0. The number of esters is 2. The highest BCUT2D eigenvalue weighted by molar-refractivity contribution is 7.47. The smallest absolute Gasteiger partial charge is 0.462 e. The van der Waals surface area contributed by atoms with E-state index in [2.05, 4.69) is 19.9 Å². The Bertz CT molecular complexity index is 958. The van der Waals surface area contributed by atoms with Gasteiger partial charge in [0.1, 0.15) is 19.8 Å². The van der Waals surface area contributed by atoms with Gasteiger partial charge in [0.15, 0.2) is 6.10 Å². The Morgan fingerprint density at radius 3 is 1.72 bits per heavy atom. The van der Waals surface area contributed by atoms with Crippen molar-refractivity contribution in [2.75, 3.05) is 47.5 Å². The Morgan fingerprint density at radius 2 is 1.15 bits per heavy atom. The number of unbranched alkanes of at least 4 members (excludes halogenated alkanes) is 18. The maximum absolute atomic E-state index is 12.6. The van der Waals surface area contributed by atoms with E-state index < -0.39 is 44.7 Å². The molecule has 0 aliphatic carbocycles. The number of phosphoric acid groups is 1. The van der Waals surface area contributed by atoms with Crippen molar-refractivity contribution in [1.82, 2.24) is 0 Å². The van der Waals surface area contributed by atoms with E-state index in [9.17, 15) is 29.3 Å². The molecule has 314 valence electrons. The third-order valence-corrected chi connectivity index (χ3v) is 10.2. The van der Waals surface area contributed by atoms with E-state index in [1.165, 1.54) is 64.2 Å². The van der Waals surface area contributed by atoms with E-state index >= 15 is 0 Å². The van der Waals surface area contributed by atoms with Gasteiger partial charge in [-0.05, 0) is 38.5 Å². The van der Waals surface area contributed by atoms with Gasteiger partial charge in [0, 0.05) is 12.8 Å². The summed E-state index contributed by atoms with van der Waals surface area (Å²) in [6, 6.07) is 0. The molecule has 3 N–H and O–H groups in total. The molecule has 0 heterocycles. The van der Waals surface area contributed by atoms with Crippen LogP contribution in [0.5, 0.6) is 0 Å². The van der Waals surface area contributed by atoms with Crippen molar-refractivity contribution in [3.8, 4) is 0 Å². The summed E-state index contributed by atoms with van der Waals surface area (Å²) in [7, 11) is 1.40. The van der Waals surface area contributed by atoms with Crippen LogP contribution in [0.4, 0.5) is 0 Å². The number of hydrogen-bond donors (Lipinski definition) is 3. The molecule has 0 aromatic heterocycles. The van der Waals surface area contributed by atoms with Crippen molar-refractivity contribution in [1.29, 1.82) is 0 Å². The third-order valence-electron chi connectivity index (χ3n) is 9.25. The first-order valence-electron chi connectivity index (χ1n) is 21.1. The molecular formula is C41H81NO10P+. The van der Waals surface area contributed by atoms with Crippen molar-refractivity contribution in [2.24, 2.45) is 0 Å². The molecule has 0 rings (SSSR count). The fourth-order valence-corrected chi connectivity index (χ4v) is 6.48. The highest BCUT2D eigenvalue weighted by atomic mass is 31.2. The lowest BCUT2D eigenvalue weighted by molar-refractivity contribution is -0.870. The summed E-state index contributed by atoms with van der Waals surface area (Å²) in [5.41, 5.74) is 0. The van der Waals surface area contributed by atoms with E-state index in [4.69, 9.17) is 18.5 Å². The summed E-state index contributed by atoms with van der Waals surface area (Å²) in [4.78, 5) is 35.3. The molecule has 0 amide bonds. The molecule has 1 unspecified atom stereocenters. The molecule has 0 fully saturated rings. The van der Waals surface area contributed by atoms with Gasteiger partial charge in [0.25, 0.3) is 0 Å². The Kier molecular flexibility index (Phi) is 33.1. The fourth-order valence-electron chi connectivity index (χ4n) is 5.74. The maximum atomic E-state index is 12.6. The summed E-state index contributed by atoms with van der Waals surface area (Å²) in [5.74, 6) is -0.906. The van der Waals surface area contributed by atoms with Gasteiger partial charge in [-0.2, -0.15) is 0 Å². The lowest BCUT2D eigenvalue weighted by Gasteiger charge is -2.24. The van der Waals surface area contributed by atoms with E-state index in [0.717, 1.165) is 57.8 Å². The van der Waals surface area contributed by atoms with Gasteiger partial charge in [-0.25, -0.2) is 4.57 Å². The second kappa shape index (κ2) is 34.0. The number of hydrogen-bond acceptors (Lipinski definition) is 9. The number of likely N-dealkylation sites (N-methyl/N-ethyl adjacent to an activating group) is 1. The van der Waals surface area contributed by atoms with Crippen LogP contribution < -0.4 is 0 Å². The van der Waals surface area contributed by atoms with E-state index in [1.54, 1.807) is 0 Å². The molecule has 0 saturated heterocycles. The first kappa shape index (κ1) is 51.7. The van der Waals surface area contributed by atoms with Crippen LogP contribution in [-0.4, -0.2) is 97.3 Å². The molecule has 0 aliphatic rings. The number of phosphoric ester groups is 1. The molecule has 11 nitrogen and oxygen atoms in total. The average molecular weight is 779 g/mol. The van der Waals surface area contributed by atoms with Gasteiger partial charge in [-0.15, -0.1) is 0 Å². The summed E-state index contributed by atoms with van der Waals surface area (Å²) < 4.78 is 34.1. The van der Waals surface area contributed by atoms with Gasteiger partial charge in [0.2, 0.25) is 0 Å². The summed E-state index contributed by atoms with van der Waals surface area (Å²) in [6.45, 7) is 4.18. The predicted molar refractivity (Wildman–Crippen MR) is 213 cm³/mol. The Morgan fingerprint density at radius 1 is 0.642 bits per heavy atom. The summed E-state index contributed by atoms with van der Waals surface area (Å²) in [5, 5.41) is 20.4. The third kappa shape index (κ3) is 36.1. The highest BCUT2D eigenvalue weighted by Gasteiger charge is 2.27. The average Bonchev–Trinajstić information content (AvgIpc) is 3.10. The van der Waals surface area contributed by atoms with Crippen molar-refractivity contribution in [3.63, 3.8) is 0 Å². The van der Waals surface area contributed by atoms with Crippen molar-refractivity contribution >= 4 is 19.8 Å². The zero-order chi connectivity index (χ0) is 39.6. The Labute approximate surface area is 323 Å². The number of aliphatic hydroxyl groups is 2. The van der Waals surface area contributed by atoms with Crippen LogP contribution in [-0.2, 0) is 32.7 Å². The number of aliphatic hydroxyl groups excluding tert-OH is 2. The van der Waals surface area contributed by atoms with Gasteiger partial charge in [-0.3, -0.25) is 18.6 Å². The number of nitrogens with zero attached hydrogens (tertiary/aromatic N) is 1. The number of quaternary nitrogens is 1. The second-order valence-electron chi connectivity index (χ2n) is 15.7. The zero-order valence-corrected chi connectivity index (χ0v) is 35.4. The van der Waals surface area contributed by atoms with Crippen LogP contribution in [0.25, 0.3) is 0 Å². The lowest BCUT2D eigenvalue weighted by atomic mass is 10.0. The van der Waals surface area contributed by atoms with E-state index in [0.29, 0.717) is 36.7 Å². The summed E-state index contributed by atoms with van der Waals surface area (Å²) in [6.07, 6.45) is 25.6. The topological polar surface area (TPSA) is 149 Å². The Balaban J connectivity index is 4.48. The highest BCUT2D eigenvalue weighted by Crippen LogP contribution is 2.43. The molecule has 0 bridgehead atoms. The van der Waals surface area contributed by atoms with Gasteiger partial charge in [-0.1, -0.05) is 135 Å². The van der Waals surface area contributed by atoms with Crippen molar-refractivity contribution < 1.29 is 52.3 Å². The first-order chi connectivity index (χ1) is 25.3. The second-order valence-corrected chi connectivity index (χ2v) is 17.1. The van der Waals surface area contributed by atoms with Crippen LogP contribution in [0, 0.1) is 0 Å².